The van der Waals surface area contributed by atoms with Gasteiger partial charge >= 0.3 is 0 Å². The number of rotatable bonds is 4. The number of benzene rings is 2. The number of nitrogens with zero attached hydrogens (tertiary/aromatic N) is 4. The number of hydrogen-bond donors (Lipinski definition) is 0. The van der Waals surface area contributed by atoms with Crippen LogP contribution in [0.15, 0.2) is 59.5 Å². The van der Waals surface area contributed by atoms with Gasteiger partial charge in [-0.25, -0.2) is 4.98 Å². The van der Waals surface area contributed by atoms with Gasteiger partial charge in [-0.2, -0.15) is 0 Å². The zero-order chi connectivity index (χ0) is 19.8. The Kier molecular flexibility index (Phi) is 4.69. The summed E-state index contributed by atoms with van der Waals surface area (Å²) in [5, 5.41) is 4.56. The van der Waals surface area contributed by atoms with Crippen LogP contribution in [0, 0.1) is 20.8 Å². The summed E-state index contributed by atoms with van der Waals surface area (Å²) in [6, 6.07) is 14.7. The van der Waals surface area contributed by atoms with Crippen molar-refractivity contribution in [2.45, 2.75) is 20.8 Å². The minimum atomic E-state index is 0.480. The molecule has 28 heavy (non-hydrogen) atoms. The van der Waals surface area contributed by atoms with Crippen molar-refractivity contribution in [2.75, 3.05) is 11.9 Å². The van der Waals surface area contributed by atoms with E-state index in [-0.39, 0.29) is 0 Å². The molecule has 2 aromatic heterocycles. The van der Waals surface area contributed by atoms with Crippen LogP contribution in [-0.4, -0.2) is 21.8 Å². The highest BCUT2D eigenvalue weighted by Gasteiger charge is 2.15. The molecule has 4 aromatic rings. The topological polar surface area (TPSA) is 47.1 Å². The fourth-order valence-corrected chi connectivity index (χ4v) is 3.60. The average Bonchev–Trinajstić information content (AvgIpc) is 3.27. The van der Waals surface area contributed by atoms with Crippen LogP contribution in [-0.2, 0) is 0 Å². The lowest BCUT2D eigenvalue weighted by molar-refractivity contribution is 0.393. The fraction of sp³-hybridized carbons (Fsp3) is 0.182. The molecule has 0 bridgehead atoms. The molecule has 0 aliphatic rings. The summed E-state index contributed by atoms with van der Waals surface area (Å²) in [7, 11) is 2.07. The van der Waals surface area contributed by atoms with Crippen molar-refractivity contribution >= 4 is 23.0 Å². The summed E-state index contributed by atoms with van der Waals surface area (Å²) in [4.78, 5) is 6.25. The normalized spacial score (nSPS) is 11.0. The number of aryl methyl sites for hydroxylation is 3. The van der Waals surface area contributed by atoms with Crippen molar-refractivity contribution in [3.63, 3.8) is 0 Å². The van der Waals surface area contributed by atoms with Crippen molar-refractivity contribution < 1.29 is 4.52 Å². The van der Waals surface area contributed by atoms with Gasteiger partial charge in [0.2, 0.25) is 0 Å². The van der Waals surface area contributed by atoms with E-state index in [4.69, 9.17) is 16.1 Å². The Balaban J connectivity index is 1.68. The molecule has 0 atom stereocenters. The highest BCUT2D eigenvalue weighted by atomic mass is 35.5. The monoisotopic (exact) mass is 392 g/mol. The van der Waals surface area contributed by atoms with Crippen LogP contribution in [0.4, 0.5) is 11.4 Å². The molecular weight excluding hydrogens is 372 g/mol. The van der Waals surface area contributed by atoms with Gasteiger partial charge in [-0.1, -0.05) is 28.9 Å². The highest BCUT2D eigenvalue weighted by molar-refractivity contribution is 6.29. The lowest BCUT2D eigenvalue weighted by atomic mass is 10.0. The molecule has 142 valence electrons. The first-order valence-electron chi connectivity index (χ1n) is 9.01. The van der Waals surface area contributed by atoms with E-state index in [1.165, 1.54) is 5.56 Å². The molecule has 0 saturated carbocycles. The molecule has 0 fully saturated rings. The summed E-state index contributed by atoms with van der Waals surface area (Å²) in [6.45, 7) is 6.03. The molecule has 0 amide bonds. The summed E-state index contributed by atoms with van der Waals surface area (Å²) in [5.41, 5.74) is 7.50. The first-order valence-corrected chi connectivity index (χ1v) is 9.39. The minimum Gasteiger partial charge on any atom is -0.361 e. The van der Waals surface area contributed by atoms with Gasteiger partial charge in [0, 0.05) is 35.9 Å². The van der Waals surface area contributed by atoms with Crippen molar-refractivity contribution in [1.82, 2.24) is 14.7 Å². The first kappa shape index (κ1) is 18.3. The zero-order valence-corrected chi connectivity index (χ0v) is 17.0. The summed E-state index contributed by atoms with van der Waals surface area (Å²) in [6.07, 6.45) is 3.50. The number of anilines is 2. The average molecular weight is 393 g/mol. The first-order chi connectivity index (χ1) is 13.4. The Bertz CT molecular complexity index is 1110. The van der Waals surface area contributed by atoms with Crippen molar-refractivity contribution in [2.24, 2.45) is 0 Å². The molecule has 0 unspecified atom stereocenters. The predicted molar refractivity (Wildman–Crippen MR) is 113 cm³/mol. The minimum absolute atomic E-state index is 0.480. The van der Waals surface area contributed by atoms with E-state index in [0.717, 1.165) is 39.6 Å². The van der Waals surface area contributed by atoms with E-state index in [9.17, 15) is 0 Å². The van der Waals surface area contributed by atoms with Crippen LogP contribution >= 0.6 is 11.6 Å². The zero-order valence-electron chi connectivity index (χ0n) is 16.3. The van der Waals surface area contributed by atoms with Gasteiger partial charge in [0.1, 0.15) is 17.2 Å². The van der Waals surface area contributed by atoms with Gasteiger partial charge in [-0.05, 0) is 62.2 Å². The van der Waals surface area contributed by atoms with Gasteiger partial charge in [0.25, 0.3) is 0 Å². The molecule has 4 rings (SSSR count). The fourth-order valence-electron chi connectivity index (χ4n) is 3.45. The van der Waals surface area contributed by atoms with E-state index in [0.29, 0.717) is 5.15 Å². The molecule has 0 radical (unpaired) electrons. The Labute approximate surface area is 169 Å². The Hall–Kier alpha value is -3.05. The lowest BCUT2D eigenvalue weighted by Crippen LogP contribution is -2.11. The highest BCUT2D eigenvalue weighted by Crippen LogP contribution is 2.34. The maximum atomic E-state index is 5.92. The summed E-state index contributed by atoms with van der Waals surface area (Å²) < 4.78 is 7.24. The smallest absolute Gasteiger partial charge is 0.147 e. The molecule has 0 spiro atoms. The molecule has 2 heterocycles. The molecule has 2 aromatic carbocycles. The van der Waals surface area contributed by atoms with E-state index in [1.54, 1.807) is 12.5 Å². The maximum absolute atomic E-state index is 5.92. The van der Waals surface area contributed by atoms with Crippen molar-refractivity contribution in [3.8, 4) is 16.8 Å². The van der Waals surface area contributed by atoms with Crippen LogP contribution in [0.1, 0.15) is 17.0 Å². The van der Waals surface area contributed by atoms with E-state index in [1.807, 2.05) is 18.4 Å². The number of imidazole rings is 1. The molecule has 0 aliphatic carbocycles. The Morgan fingerprint density at radius 2 is 1.79 bits per heavy atom. The number of halogens is 1. The van der Waals surface area contributed by atoms with E-state index < -0.39 is 0 Å². The van der Waals surface area contributed by atoms with Crippen LogP contribution in [0.2, 0.25) is 5.15 Å². The quantitative estimate of drug-likeness (QED) is 0.435. The molecular formula is C22H21ClN4O. The predicted octanol–water partition coefficient (Wildman–Crippen LogP) is 5.87. The van der Waals surface area contributed by atoms with E-state index >= 15 is 0 Å². The van der Waals surface area contributed by atoms with Crippen molar-refractivity contribution in [3.05, 3.63) is 77.2 Å². The van der Waals surface area contributed by atoms with Gasteiger partial charge in [0.05, 0.1) is 5.69 Å². The standard InChI is InChI=1S/C22H21ClN4O/c1-14-5-6-17(22-15(2)25-28-16(22)3)11-20(14)26(4)18-7-9-19(10-8-18)27-12-21(23)24-13-27/h5-13H,1-4H3. The molecule has 6 heteroatoms. The molecule has 0 aliphatic heterocycles. The van der Waals surface area contributed by atoms with Gasteiger partial charge in [-0.3, -0.25) is 0 Å². The second kappa shape index (κ2) is 7.17. The van der Waals surface area contributed by atoms with Crippen LogP contribution in [0.5, 0.6) is 0 Å². The van der Waals surface area contributed by atoms with E-state index in [2.05, 4.69) is 71.5 Å². The van der Waals surface area contributed by atoms with Crippen LogP contribution in [0.3, 0.4) is 0 Å². The molecule has 5 nitrogen and oxygen atoms in total. The van der Waals surface area contributed by atoms with Gasteiger partial charge in [0.15, 0.2) is 0 Å². The van der Waals surface area contributed by atoms with Gasteiger partial charge in [-0.15, -0.1) is 0 Å². The SMILES string of the molecule is Cc1ccc(-c2c(C)noc2C)cc1N(C)c1ccc(-n2cnc(Cl)c2)cc1. The lowest BCUT2D eigenvalue weighted by Gasteiger charge is -2.23. The van der Waals surface area contributed by atoms with Crippen LogP contribution in [0.25, 0.3) is 16.8 Å². The number of hydrogen-bond acceptors (Lipinski definition) is 4. The third-order valence-electron chi connectivity index (χ3n) is 4.98. The van der Waals surface area contributed by atoms with Crippen molar-refractivity contribution in [1.29, 1.82) is 0 Å². The maximum Gasteiger partial charge on any atom is 0.147 e. The number of aromatic nitrogens is 3. The second-order valence-electron chi connectivity index (χ2n) is 6.88. The molecule has 0 saturated heterocycles. The Morgan fingerprint density at radius 3 is 2.39 bits per heavy atom. The second-order valence-corrected chi connectivity index (χ2v) is 7.27. The third kappa shape index (κ3) is 3.29. The third-order valence-corrected chi connectivity index (χ3v) is 5.17. The Morgan fingerprint density at radius 1 is 1.04 bits per heavy atom. The summed E-state index contributed by atoms with van der Waals surface area (Å²) >= 11 is 5.92. The summed E-state index contributed by atoms with van der Waals surface area (Å²) in [5.74, 6) is 0.832. The van der Waals surface area contributed by atoms with Crippen LogP contribution < -0.4 is 4.90 Å². The van der Waals surface area contributed by atoms with Gasteiger partial charge < -0.3 is 14.0 Å². The molecule has 0 N–H and O–H groups in total. The largest absolute Gasteiger partial charge is 0.361 e.